The third-order valence-corrected chi connectivity index (χ3v) is 8.50. The summed E-state index contributed by atoms with van der Waals surface area (Å²) in [7, 11) is -0.276. The molecule has 0 aromatic heterocycles. The van der Waals surface area contributed by atoms with Crippen LogP contribution in [0.2, 0.25) is 0 Å². The van der Waals surface area contributed by atoms with Crippen molar-refractivity contribution in [1.29, 1.82) is 0 Å². The smallest absolute Gasteiger partial charge is 0.00813 e. The number of benzene rings is 4. The van der Waals surface area contributed by atoms with Crippen molar-refractivity contribution in [3.8, 4) is 11.1 Å². The van der Waals surface area contributed by atoms with Crippen LogP contribution in [0.5, 0.6) is 0 Å². The summed E-state index contributed by atoms with van der Waals surface area (Å²) in [6.07, 6.45) is 11.3. The second-order valence-corrected chi connectivity index (χ2v) is 9.85. The lowest BCUT2D eigenvalue weighted by molar-refractivity contribution is 1.36. The SMILES string of the molecule is [CH]1[CH][CH][C](P2Cc3c(ccc4ccccc34)-c3ccc4ccccc4c3C2)[CH]1. The van der Waals surface area contributed by atoms with Crippen molar-refractivity contribution in [2.45, 2.75) is 12.3 Å². The van der Waals surface area contributed by atoms with Crippen molar-refractivity contribution in [2.24, 2.45) is 0 Å². The van der Waals surface area contributed by atoms with Gasteiger partial charge in [0.05, 0.1) is 0 Å². The van der Waals surface area contributed by atoms with Gasteiger partial charge >= 0.3 is 0 Å². The lowest BCUT2D eigenvalue weighted by Gasteiger charge is -2.23. The molecule has 5 radical (unpaired) electrons. The zero-order valence-electron chi connectivity index (χ0n) is 15.6. The number of fused-ring (bicyclic) bond motifs is 7. The molecule has 0 amide bonds. The first kappa shape index (κ1) is 16.8. The number of hydrogen-bond acceptors (Lipinski definition) is 0. The first-order valence-electron chi connectivity index (χ1n) is 9.87. The summed E-state index contributed by atoms with van der Waals surface area (Å²) in [5, 5.41) is 5.53. The van der Waals surface area contributed by atoms with E-state index in [9.17, 15) is 0 Å². The van der Waals surface area contributed by atoms with E-state index in [0.29, 0.717) is 0 Å². The Morgan fingerprint density at radius 1 is 0.536 bits per heavy atom. The van der Waals surface area contributed by atoms with Gasteiger partial charge in [0.15, 0.2) is 0 Å². The largest absolute Gasteiger partial charge is 0.0897 e. The second kappa shape index (κ2) is 6.71. The Labute approximate surface area is 168 Å². The second-order valence-electron chi connectivity index (χ2n) is 7.62. The van der Waals surface area contributed by atoms with Crippen molar-refractivity contribution in [3.05, 3.63) is 115 Å². The van der Waals surface area contributed by atoms with Crippen LogP contribution in [0.15, 0.2) is 72.8 Å². The lowest BCUT2D eigenvalue weighted by atomic mass is 9.90. The normalized spacial score (nSPS) is 17.6. The van der Waals surface area contributed by atoms with Crippen LogP contribution < -0.4 is 0 Å². The average Bonchev–Trinajstić information content (AvgIpc) is 3.22. The quantitative estimate of drug-likeness (QED) is 0.302. The maximum atomic E-state index is 2.36. The maximum Gasteiger partial charge on any atom is 0.00813 e. The Hall–Kier alpha value is -2.17. The van der Waals surface area contributed by atoms with E-state index in [1.165, 1.54) is 49.5 Å². The van der Waals surface area contributed by atoms with Gasteiger partial charge in [-0.05, 0) is 81.8 Å². The van der Waals surface area contributed by atoms with E-state index in [1.807, 2.05) is 0 Å². The molecular weight excluding hydrogens is 355 g/mol. The average molecular weight is 375 g/mol. The fourth-order valence-corrected chi connectivity index (χ4v) is 7.23. The topological polar surface area (TPSA) is 0 Å². The van der Waals surface area contributed by atoms with Gasteiger partial charge in [0, 0.05) is 5.66 Å². The highest BCUT2D eigenvalue weighted by Crippen LogP contribution is 2.61. The predicted molar refractivity (Wildman–Crippen MR) is 122 cm³/mol. The summed E-state index contributed by atoms with van der Waals surface area (Å²) < 4.78 is 0. The van der Waals surface area contributed by atoms with E-state index < -0.39 is 0 Å². The molecule has 6 rings (SSSR count). The minimum absolute atomic E-state index is 0.276. The highest BCUT2D eigenvalue weighted by molar-refractivity contribution is 7.60. The molecule has 2 aliphatic rings. The van der Waals surface area contributed by atoms with Gasteiger partial charge < -0.3 is 0 Å². The summed E-state index contributed by atoms with van der Waals surface area (Å²) in [4.78, 5) is 0. The Balaban J connectivity index is 1.65. The highest BCUT2D eigenvalue weighted by Gasteiger charge is 2.31. The molecule has 1 aliphatic heterocycles. The highest BCUT2D eigenvalue weighted by atomic mass is 31.1. The van der Waals surface area contributed by atoms with Crippen molar-refractivity contribution in [1.82, 2.24) is 0 Å². The van der Waals surface area contributed by atoms with Gasteiger partial charge in [-0.1, -0.05) is 80.7 Å². The molecule has 1 fully saturated rings. The van der Waals surface area contributed by atoms with E-state index in [0.717, 1.165) is 12.3 Å². The molecule has 1 aliphatic carbocycles. The molecule has 1 heterocycles. The van der Waals surface area contributed by atoms with Crippen LogP contribution in [0.25, 0.3) is 32.7 Å². The van der Waals surface area contributed by atoms with Gasteiger partial charge in [-0.25, -0.2) is 0 Å². The molecule has 4 aromatic carbocycles. The number of hydrogen-bond donors (Lipinski definition) is 0. The molecule has 0 nitrogen and oxygen atoms in total. The van der Waals surface area contributed by atoms with Crippen LogP contribution in [0.1, 0.15) is 11.1 Å². The third kappa shape index (κ3) is 2.62. The molecule has 1 saturated carbocycles. The van der Waals surface area contributed by atoms with E-state index in [4.69, 9.17) is 0 Å². The summed E-state index contributed by atoms with van der Waals surface area (Å²) in [5.41, 5.74) is 7.43. The van der Waals surface area contributed by atoms with Crippen LogP contribution in [0.4, 0.5) is 0 Å². The molecule has 4 aromatic rings. The van der Waals surface area contributed by atoms with Crippen LogP contribution in [0, 0.1) is 31.3 Å². The summed E-state index contributed by atoms with van der Waals surface area (Å²) in [6, 6.07) is 27.0. The molecule has 0 bridgehead atoms. The van der Waals surface area contributed by atoms with Gasteiger partial charge in [-0.2, -0.15) is 0 Å². The summed E-state index contributed by atoms with van der Waals surface area (Å²) in [6.45, 7) is 0. The Kier molecular flexibility index (Phi) is 4.02. The minimum atomic E-state index is -0.276. The lowest BCUT2D eigenvalue weighted by Crippen LogP contribution is -1.96. The van der Waals surface area contributed by atoms with E-state index >= 15 is 0 Å². The van der Waals surface area contributed by atoms with E-state index in [2.05, 4.69) is 98.5 Å². The van der Waals surface area contributed by atoms with Crippen molar-refractivity contribution >= 4 is 29.5 Å². The Morgan fingerprint density at radius 3 is 1.57 bits per heavy atom. The molecule has 0 saturated heterocycles. The Bertz CT molecular complexity index is 1100. The molecular formula is C27H20P. The van der Waals surface area contributed by atoms with Crippen molar-refractivity contribution in [2.75, 3.05) is 0 Å². The first-order valence-corrected chi connectivity index (χ1v) is 11.6. The van der Waals surface area contributed by atoms with Crippen molar-refractivity contribution in [3.63, 3.8) is 0 Å². The minimum Gasteiger partial charge on any atom is -0.0897 e. The third-order valence-electron chi connectivity index (χ3n) is 6.08. The van der Waals surface area contributed by atoms with Gasteiger partial charge in [-0.3, -0.25) is 0 Å². The molecule has 0 N–H and O–H groups in total. The molecule has 133 valence electrons. The van der Waals surface area contributed by atoms with Crippen molar-refractivity contribution < 1.29 is 0 Å². The maximum absolute atomic E-state index is 2.36. The zero-order chi connectivity index (χ0) is 18.5. The summed E-state index contributed by atoms with van der Waals surface area (Å²) >= 11 is 0. The molecule has 28 heavy (non-hydrogen) atoms. The van der Waals surface area contributed by atoms with Crippen LogP contribution >= 0.6 is 7.92 Å². The monoisotopic (exact) mass is 375 g/mol. The molecule has 0 spiro atoms. The summed E-state index contributed by atoms with van der Waals surface area (Å²) in [5.74, 6) is 0. The van der Waals surface area contributed by atoms with E-state index in [-0.39, 0.29) is 7.92 Å². The standard InChI is InChI=1S/C27H20P/c1-5-11-22-19(7-1)13-15-24-25-16-14-20-8-2-6-12-23(20)27(25)18-28(17-26(22)24)21-9-3-4-10-21/h1-16H,17-18H2. The van der Waals surface area contributed by atoms with Gasteiger partial charge in [-0.15, -0.1) is 0 Å². The van der Waals surface area contributed by atoms with Gasteiger partial charge in [0.2, 0.25) is 0 Å². The van der Waals surface area contributed by atoms with Crippen LogP contribution in [0.3, 0.4) is 0 Å². The van der Waals surface area contributed by atoms with Crippen LogP contribution in [-0.2, 0) is 12.3 Å². The Morgan fingerprint density at radius 2 is 1.04 bits per heavy atom. The van der Waals surface area contributed by atoms with Gasteiger partial charge in [0.1, 0.15) is 0 Å². The zero-order valence-corrected chi connectivity index (χ0v) is 16.5. The molecule has 1 heteroatoms. The molecule has 0 unspecified atom stereocenters. The fraction of sp³-hybridized carbons (Fsp3) is 0.0741. The van der Waals surface area contributed by atoms with E-state index in [1.54, 1.807) is 0 Å². The van der Waals surface area contributed by atoms with Gasteiger partial charge in [0.25, 0.3) is 0 Å². The van der Waals surface area contributed by atoms with Crippen LogP contribution in [-0.4, -0.2) is 0 Å². The fourth-order valence-electron chi connectivity index (χ4n) is 4.71. The first-order chi connectivity index (χ1) is 13.9. The molecule has 0 atom stereocenters. The predicted octanol–water partition coefficient (Wildman–Crippen LogP) is 7.52. The number of rotatable bonds is 1.